The zero-order chi connectivity index (χ0) is 32.3. The van der Waals surface area contributed by atoms with Gasteiger partial charge in [-0.3, -0.25) is 10.1 Å². The number of hydrogen-bond donors (Lipinski definition) is 2. The number of rotatable bonds is 11. The maximum absolute atomic E-state index is 13.0. The highest BCUT2D eigenvalue weighted by molar-refractivity contribution is 6.32. The fourth-order valence-electron chi connectivity index (χ4n) is 4.80. The Morgan fingerprint density at radius 2 is 1.57 bits per heavy atom. The van der Waals surface area contributed by atoms with E-state index in [1.165, 1.54) is 0 Å². The summed E-state index contributed by atoms with van der Waals surface area (Å²) in [7, 11) is 1.79. The lowest BCUT2D eigenvalue weighted by Crippen LogP contribution is -2.48. The molecule has 0 spiro atoms. The number of ether oxygens (including phenoxy) is 2. The van der Waals surface area contributed by atoms with E-state index in [-0.39, 0.29) is 30.7 Å². The van der Waals surface area contributed by atoms with Gasteiger partial charge in [0.2, 0.25) is 11.9 Å². The van der Waals surface area contributed by atoms with Crippen molar-refractivity contribution < 1.29 is 23.9 Å². The number of esters is 1. The summed E-state index contributed by atoms with van der Waals surface area (Å²) in [6.45, 7) is 0.871. The Labute approximate surface area is 272 Å². The van der Waals surface area contributed by atoms with E-state index in [0.717, 1.165) is 11.1 Å². The molecular weight excluding hydrogens is 606 g/mol. The Bertz CT molecular complexity index is 1700. The fourth-order valence-corrected chi connectivity index (χ4v) is 4.97. The van der Waals surface area contributed by atoms with Gasteiger partial charge in [-0.1, -0.05) is 84.4 Å². The number of nitrogens with one attached hydrogen (secondary N) is 2. The van der Waals surface area contributed by atoms with Gasteiger partial charge in [0.15, 0.2) is 0 Å². The summed E-state index contributed by atoms with van der Waals surface area (Å²) in [5.41, 5.74) is 2.97. The van der Waals surface area contributed by atoms with Gasteiger partial charge >= 0.3 is 12.0 Å². The normalized spacial score (nSPS) is 12.0. The van der Waals surface area contributed by atoms with E-state index in [2.05, 4.69) is 10.6 Å². The van der Waals surface area contributed by atoms with Crippen LogP contribution in [0.3, 0.4) is 0 Å². The van der Waals surface area contributed by atoms with Gasteiger partial charge < -0.3 is 24.6 Å². The second-order valence-corrected chi connectivity index (χ2v) is 11.0. The summed E-state index contributed by atoms with van der Waals surface area (Å²) in [5, 5.41) is 5.84. The number of benzene rings is 4. The molecule has 0 atom stereocenters. The van der Waals surface area contributed by atoms with E-state index < -0.39 is 12.0 Å². The second kappa shape index (κ2) is 15.6. The van der Waals surface area contributed by atoms with Crippen molar-refractivity contribution in [1.82, 2.24) is 15.1 Å². The smallest absolute Gasteiger partial charge is 0.331 e. The van der Waals surface area contributed by atoms with Crippen molar-refractivity contribution in [2.75, 3.05) is 25.5 Å². The Kier molecular flexibility index (Phi) is 10.9. The van der Waals surface area contributed by atoms with Crippen LogP contribution in [0.1, 0.15) is 24.0 Å². The third-order valence-corrected chi connectivity index (χ3v) is 7.39. The molecule has 1 heterocycles. The molecule has 0 unspecified atom stereocenters. The predicted octanol–water partition coefficient (Wildman–Crippen LogP) is 6.39. The van der Waals surface area contributed by atoms with Gasteiger partial charge in [-0.05, 0) is 42.3 Å². The molecule has 0 fully saturated rings. The molecule has 0 radical (unpaired) electrons. The van der Waals surface area contributed by atoms with E-state index in [0.29, 0.717) is 48.1 Å². The van der Waals surface area contributed by atoms with Crippen molar-refractivity contribution in [2.24, 2.45) is 4.99 Å². The molecule has 0 saturated heterocycles. The number of carbonyl (C=O) groups excluding carboxylic acids is 3. The van der Waals surface area contributed by atoms with E-state index in [1.807, 2.05) is 48.5 Å². The zero-order valence-electron chi connectivity index (χ0n) is 25.3. The lowest BCUT2D eigenvalue weighted by atomic mass is 10.1. The second-order valence-electron chi connectivity index (χ2n) is 10.6. The van der Waals surface area contributed by atoms with Crippen molar-refractivity contribution in [3.63, 3.8) is 0 Å². The predicted molar refractivity (Wildman–Crippen MR) is 177 cm³/mol. The van der Waals surface area contributed by atoms with Crippen LogP contribution in [0.15, 0.2) is 108 Å². The molecule has 0 aliphatic carbocycles. The first kappa shape index (κ1) is 32.1. The van der Waals surface area contributed by atoms with Gasteiger partial charge in [0.1, 0.15) is 23.7 Å². The van der Waals surface area contributed by atoms with Crippen LogP contribution in [0.5, 0.6) is 11.5 Å². The molecule has 0 saturated carbocycles. The van der Waals surface area contributed by atoms with Crippen LogP contribution >= 0.6 is 11.6 Å². The molecule has 4 aromatic carbocycles. The molecule has 1 aliphatic heterocycles. The van der Waals surface area contributed by atoms with Crippen molar-refractivity contribution in [3.8, 4) is 11.5 Å². The summed E-state index contributed by atoms with van der Waals surface area (Å²) in [4.78, 5) is 46.6. The number of anilines is 1. The highest BCUT2D eigenvalue weighted by Crippen LogP contribution is 2.35. The first-order valence-corrected chi connectivity index (χ1v) is 15.2. The van der Waals surface area contributed by atoms with Gasteiger partial charge in [-0.25, -0.2) is 14.6 Å². The monoisotopic (exact) mass is 639 g/mol. The van der Waals surface area contributed by atoms with Gasteiger partial charge in [0.25, 0.3) is 0 Å². The zero-order valence-corrected chi connectivity index (χ0v) is 26.1. The number of halogens is 1. The van der Waals surface area contributed by atoms with Gasteiger partial charge in [0, 0.05) is 37.8 Å². The van der Waals surface area contributed by atoms with Crippen molar-refractivity contribution in [3.05, 3.63) is 119 Å². The molecule has 11 heteroatoms. The van der Waals surface area contributed by atoms with Crippen LogP contribution in [0.2, 0.25) is 5.02 Å². The third-order valence-electron chi connectivity index (χ3n) is 7.08. The number of fused-ring (bicyclic) bond motifs is 1. The Morgan fingerprint density at radius 1 is 0.870 bits per heavy atom. The summed E-state index contributed by atoms with van der Waals surface area (Å²) >= 11 is 6.17. The molecule has 0 bridgehead atoms. The van der Waals surface area contributed by atoms with Crippen molar-refractivity contribution in [2.45, 2.75) is 25.9 Å². The number of guanidine groups is 1. The van der Waals surface area contributed by atoms with Gasteiger partial charge in [-0.2, -0.15) is 0 Å². The number of nitrogens with zero attached hydrogens (tertiary/aromatic N) is 3. The van der Waals surface area contributed by atoms with Crippen molar-refractivity contribution in [1.29, 1.82) is 0 Å². The molecular formula is C35H34ClN5O5. The van der Waals surface area contributed by atoms with Crippen LogP contribution in [-0.4, -0.2) is 53.9 Å². The molecule has 5 rings (SSSR count). The van der Waals surface area contributed by atoms with Crippen LogP contribution in [0, 0.1) is 0 Å². The van der Waals surface area contributed by atoms with Crippen LogP contribution in [0.4, 0.5) is 16.2 Å². The minimum absolute atomic E-state index is 0.0239. The van der Waals surface area contributed by atoms with E-state index in [4.69, 9.17) is 26.1 Å². The Hall–Kier alpha value is -5.35. The standard InChI is InChI=1S/C35H34ClN5O5/c1-40(22-25-12-4-2-5-13-25)31(42)20-11-21-45-30-19-10-14-26-23-41(24-32(43)46-29-18-9-8-17-28(29)36)34(38-33(26)30)39-35(44)37-27-15-6-3-7-16-27/h2-10,12-19H,11,20-24H2,1H3,(H2,37,38,39,44). The summed E-state index contributed by atoms with van der Waals surface area (Å²) < 4.78 is 11.6. The minimum atomic E-state index is -0.580. The Morgan fingerprint density at radius 3 is 2.33 bits per heavy atom. The number of hydrogen-bond acceptors (Lipinski definition) is 7. The highest BCUT2D eigenvalue weighted by Gasteiger charge is 2.27. The average Bonchev–Trinajstić information content (AvgIpc) is 3.05. The molecule has 3 amide bonds. The number of aliphatic imine (C=N–C) groups is 1. The minimum Gasteiger partial charge on any atom is -0.491 e. The summed E-state index contributed by atoms with van der Waals surface area (Å²) in [6.07, 6.45) is 0.839. The molecule has 4 aromatic rings. The molecule has 2 N–H and O–H groups in total. The summed E-state index contributed by atoms with van der Waals surface area (Å²) in [6, 6.07) is 30.4. The summed E-state index contributed by atoms with van der Waals surface area (Å²) in [5.74, 6) is 0.328. The van der Waals surface area contributed by atoms with Gasteiger partial charge in [-0.15, -0.1) is 0 Å². The largest absolute Gasteiger partial charge is 0.491 e. The topological polar surface area (TPSA) is 113 Å². The Balaban J connectivity index is 1.26. The van der Waals surface area contributed by atoms with E-state index in [1.54, 1.807) is 71.4 Å². The maximum atomic E-state index is 13.0. The number of amides is 3. The van der Waals surface area contributed by atoms with Gasteiger partial charge in [0.05, 0.1) is 11.6 Å². The molecule has 46 heavy (non-hydrogen) atoms. The van der Waals surface area contributed by atoms with Crippen LogP contribution in [-0.2, 0) is 22.7 Å². The third kappa shape index (κ3) is 8.86. The lowest BCUT2D eigenvalue weighted by Gasteiger charge is -2.30. The first-order chi connectivity index (χ1) is 22.4. The lowest BCUT2D eigenvalue weighted by molar-refractivity contribution is -0.135. The number of para-hydroxylation sites is 3. The van der Waals surface area contributed by atoms with E-state index >= 15 is 0 Å². The van der Waals surface area contributed by atoms with Crippen LogP contribution < -0.4 is 20.1 Å². The highest BCUT2D eigenvalue weighted by atomic mass is 35.5. The number of urea groups is 1. The number of carbonyl (C=O) groups is 3. The van der Waals surface area contributed by atoms with Crippen LogP contribution in [0.25, 0.3) is 0 Å². The first-order valence-electron chi connectivity index (χ1n) is 14.8. The molecule has 0 aromatic heterocycles. The fraction of sp³-hybridized carbons (Fsp3) is 0.200. The average molecular weight is 640 g/mol. The molecule has 1 aliphatic rings. The van der Waals surface area contributed by atoms with E-state index in [9.17, 15) is 14.4 Å². The molecule has 236 valence electrons. The maximum Gasteiger partial charge on any atom is 0.331 e. The van der Waals surface area contributed by atoms with Crippen molar-refractivity contribution >= 4 is 46.8 Å². The SMILES string of the molecule is CN(Cc1ccccc1)C(=O)CCCOc1cccc2c1N=C(NC(=O)Nc1ccccc1)N(CC(=O)Oc1ccccc1Cl)C2. The molecule has 10 nitrogen and oxygen atoms in total. The quantitative estimate of drug-likeness (QED) is 0.112.